The number of aromatic nitrogens is 2. The number of ether oxygens (including phenoxy) is 2. The summed E-state index contributed by atoms with van der Waals surface area (Å²) in [6.07, 6.45) is -5.11. The van der Waals surface area contributed by atoms with E-state index in [1.54, 1.807) is 12.4 Å². The molecule has 2 saturated heterocycles. The van der Waals surface area contributed by atoms with Gasteiger partial charge in [-0.2, -0.15) is 0 Å². The molecule has 1 aromatic heterocycles. The van der Waals surface area contributed by atoms with Crippen molar-refractivity contribution in [1.29, 1.82) is 0 Å². The summed E-state index contributed by atoms with van der Waals surface area (Å²) in [5.74, 6) is -0.278. The number of hydrogen-bond donors (Lipinski definition) is 3. The number of ketones is 1. The number of phosphoric ester groups is 2. The molecule has 3 rings (SSSR count). The van der Waals surface area contributed by atoms with Crippen molar-refractivity contribution in [3.63, 3.8) is 0 Å². The van der Waals surface area contributed by atoms with E-state index in [1.165, 1.54) is 20.0 Å². The Hall–Kier alpha value is -1.55. The molecule has 198 valence electrons. The fourth-order valence-corrected chi connectivity index (χ4v) is 5.73. The van der Waals surface area contributed by atoms with E-state index in [1.807, 2.05) is 0 Å². The number of carbonyl (C=O) groups excluding carboxylic acids is 1. The normalized spacial score (nSPS) is 32.8. The lowest BCUT2D eigenvalue weighted by molar-refractivity contribution is -0.654. The average molecular weight is 542 g/mol. The minimum atomic E-state index is -5.51. The van der Waals surface area contributed by atoms with E-state index in [-0.39, 0.29) is 24.2 Å². The van der Waals surface area contributed by atoms with Gasteiger partial charge in [0.05, 0.1) is 26.2 Å². The SMILES string of the molecule is C[NH2+][C@@H]1C[C@@H](OP(=O)([O-])OP(=O)([O-])OC[C@H]2O[C@@H](n3cc(C)c(=O)[nH]c3=O)C[C@@H]2O)O[C@H](C)C1=O. The number of rotatable bonds is 9. The summed E-state index contributed by atoms with van der Waals surface area (Å²) in [7, 11) is -9.42. The predicted molar refractivity (Wildman–Crippen MR) is 110 cm³/mol. The second-order valence-corrected chi connectivity index (χ2v) is 11.0. The van der Waals surface area contributed by atoms with Gasteiger partial charge in [-0.05, 0) is 13.8 Å². The third-order valence-corrected chi connectivity index (χ3v) is 8.03. The summed E-state index contributed by atoms with van der Waals surface area (Å²) in [5.41, 5.74) is -1.19. The van der Waals surface area contributed by atoms with Gasteiger partial charge in [0.2, 0.25) is 5.78 Å². The number of nitrogens with zero attached hydrogens (tertiary/aromatic N) is 1. The molecule has 0 bridgehead atoms. The van der Waals surface area contributed by atoms with E-state index in [9.17, 15) is 38.4 Å². The number of phosphoric acid groups is 2. The molecule has 0 spiro atoms. The third-order valence-electron chi connectivity index (χ3n) is 5.47. The monoisotopic (exact) mass is 542 g/mol. The van der Waals surface area contributed by atoms with Crippen LogP contribution < -0.4 is 26.4 Å². The highest BCUT2D eigenvalue weighted by Crippen LogP contribution is 2.56. The van der Waals surface area contributed by atoms with Crippen LogP contribution in [0.3, 0.4) is 0 Å². The van der Waals surface area contributed by atoms with E-state index in [0.29, 0.717) is 0 Å². The first-order valence-electron chi connectivity index (χ1n) is 10.5. The summed E-state index contributed by atoms with van der Waals surface area (Å²) < 4.78 is 49.0. The van der Waals surface area contributed by atoms with Crippen molar-refractivity contribution in [3.8, 4) is 0 Å². The number of aliphatic hydroxyl groups excluding tert-OH is 1. The van der Waals surface area contributed by atoms with Crippen molar-refractivity contribution < 1.29 is 57.0 Å². The molecule has 0 aliphatic carbocycles. The van der Waals surface area contributed by atoms with Crippen LogP contribution in [0.1, 0.15) is 31.6 Å². The maximum atomic E-state index is 12.1. The molecule has 0 aromatic carbocycles. The van der Waals surface area contributed by atoms with Gasteiger partial charge in [0.1, 0.15) is 18.4 Å². The number of aryl methyl sites for hydroxylation is 1. The first-order valence-corrected chi connectivity index (χ1v) is 13.4. The molecule has 2 unspecified atom stereocenters. The largest absolute Gasteiger partial charge is 0.756 e. The third kappa shape index (κ3) is 7.02. The smallest absolute Gasteiger partial charge is 0.330 e. The number of likely N-dealkylation sites (N-methyl/N-ethyl adjacent to an activating group) is 1. The van der Waals surface area contributed by atoms with Crippen molar-refractivity contribution in [1.82, 2.24) is 9.55 Å². The molecule has 3 heterocycles. The highest BCUT2D eigenvalue weighted by Gasteiger charge is 2.40. The highest BCUT2D eigenvalue weighted by atomic mass is 31.3. The number of Topliss-reactive ketones (excluding diaryl/α,β-unsaturated/α-hetero) is 1. The van der Waals surface area contributed by atoms with Crippen molar-refractivity contribution in [2.24, 2.45) is 0 Å². The number of H-pyrrole nitrogens is 1. The Balaban J connectivity index is 1.57. The van der Waals surface area contributed by atoms with Gasteiger partial charge < -0.3 is 34.2 Å². The van der Waals surface area contributed by atoms with Crippen LogP contribution in [0.25, 0.3) is 0 Å². The fraction of sp³-hybridized carbons (Fsp3) is 0.706. The highest BCUT2D eigenvalue weighted by molar-refractivity contribution is 7.59. The zero-order valence-electron chi connectivity index (χ0n) is 18.9. The molecule has 8 atom stereocenters. The standard InChI is InChI=1S/C17H27N3O13P2/c1-8-6-20(17(24)19-16(8)23)13-5-11(21)12(31-13)7-29-34(25,26)33-35(27,28)32-14-4-10(18-3)15(22)9(2)30-14/h6,9-14,18,21H,4-5,7H2,1-3H3,(H,25,26)(H,27,28)(H,19,23,24)/p-1/t9-,10-,11+,12-,13-,14-/m1/s1. The van der Waals surface area contributed by atoms with E-state index in [4.69, 9.17) is 9.47 Å². The van der Waals surface area contributed by atoms with Crippen LogP contribution in [-0.4, -0.2) is 64.7 Å². The van der Waals surface area contributed by atoms with Gasteiger partial charge in [-0.1, -0.05) is 0 Å². The van der Waals surface area contributed by atoms with Crippen molar-refractivity contribution in [2.75, 3.05) is 13.7 Å². The number of quaternary nitrogens is 1. The minimum Gasteiger partial charge on any atom is -0.756 e. The topological polar surface area (TPSA) is 235 Å². The number of hydrogen-bond acceptors (Lipinski definition) is 13. The number of nitrogens with two attached hydrogens (primary N) is 1. The Morgan fingerprint density at radius 2 is 1.91 bits per heavy atom. The van der Waals surface area contributed by atoms with Crippen LogP contribution in [0.4, 0.5) is 0 Å². The van der Waals surface area contributed by atoms with E-state index >= 15 is 0 Å². The Bertz CT molecular complexity index is 1150. The maximum Gasteiger partial charge on any atom is 0.330 e. The second-order valence-electron chi connectivity index (χ2n) is 8.07. The zero-order valence-corrected chi connectivity index (χ0v) is 20.7. The molecule has 18 heteroatoms. The molecule has 2 fully saturated rings. The van der Waals surface area contributed by atoms with Crippen LogP contribution in [0.5, 0.6) is 0 Å². The fourth-order valence-electron chi connectivity index (χ4n) is 3.65. The van der Waals surface area contributed by atoms with Crippen molar-refractivity contribution in [2.45, 2.75) is 63.6 Å². The molecular weight excluding hydrogens is 516 g/mol. The van der Waals surface area contributed by atoms with Gasteiger partial charge in [0.15, 0.2) is 12.3 Å². The van der Waals surface area contributed by atoms with Crippen LogP contribution >= 0.6 is 15.6 Å². The molecule has 35 heavy (non-hydrogen) atoms. The van der Waals surface area contributed by atoms with Gasteiger partial charge >= 0.3 is 5.69 Å². The molecule has 1 aromatic rings. The van der Waals surface area contributed by atoms with E-state index in [0.717, 1.165) is 4.57 Å². The van der Waals surface area contributed by atoms with Gasteiger partial charge in [-0.25, -0.2) is 9.11 Å². The summed E-state index contributed by atoms with van der Waals surface area (Å²) >= 11 is 0. The first-order chi connectivity index (χ1) is 16.2. The van der Waals surface area contributed by atoms with Crippen LogP contribution in [0.2, 0.25) is 0 Å². The van der Waals surface area contributed by atoms with Gasteiger partial charge in [-0.15, -0.1) is 0 Å². The first kappa shape index (κ1) is 28.0. The summed E-state index contributed by atoms with van der Waals surface area (Å²) in [5, 5.41) is 11.7. The molecule has 0 radical (unpaired) electrons. The Morgan fingerprint density at radius 1 is 1.23 bits per heavy atom. The molecule has 0 saturated carbocycles. The number of nitrogens with one attached hydrogen (secondary N) is 1. The lowest BCUT2D eigenvalue weighted by atomic mass is 10.0. The molecule has 0 amide bonds. The number of carbonyl (C=O) groups is 1. The van der Waals surface area contributed by atoms with Gasteiger partial charge in [0, 0.05) is 18.2 Å². The molecular formula is C17H26N3O13P2-. The second kappa shape index (κ2) is 10.8. The molecule has 2 aliphatic heterocycles. The van der Waals surface area contributed by atoms with Crippen LogP contribution in [0.15, 0.2) is 15.8 Å². The number of aliphatic hydroxyl groups is 1. The Labute approximate surface area is 198 Å². The van der Waals surface area contributed by atoms with Crippen LogP contribution in [0, 0.1) is 6.92 Å². The Kier molecular flexibility index (Phi) is 8.67. The van der Waals surface area contributed by atoms with E-state index in [2.05, 4.69) is 18.3 Å². The zero-order chi connectivity index (χ0) is 26.1. The quantitative estimate of drug-likeness (QED) is 0.260. The molecule has 4 N–H and O–H groups in total. The lowest BCUT2D eigenvalue weighted by Crippen LogP contribution is -2.90. The summed E-state index contributed by atoms with van der Waals surface area (Å²) in [6, 6.07) is -0.647. The Morgan fingerprint density at radius 3 is 2.57 bits per heavy atom. The van der Waals surface area contributed by atoms with Gasteiger partial charge in [-0.3, -0.25) is 32.8 Å². The molecule has 2 aliphatic rings. The summed E-state index contributed by atoms with van der Waals surface area (Å²) in [6.45, 7) is 2.01. The average Bonchev–Trinajstić information content (AvgIpc) is 3.11. The van der Waals surface area contributed by atoms with E-state index < -0.39 is 70.4 Å². The van der Waals surface area contributed by atoms with Crippen LogP contribution in [-0.2, 0) is 36.8 Å². The minimum absolute atomic E-state index is 0.141. The van der Waals surface area contributed by atoms with Crippen molar-refractivity contribution in [3.05, 3.63) is 32.6 Å². The lowest BCUT2D eigenvalue weighted by Gasteiger charge is -2.36. The maximum absolute atomic E-state index is 12.1. The number of aromatic amines is 1. The predicted octanol–water partition coefficient (Wildman–Crippen LogP) is -3.25. The molecule has 16 nitrogen and oxygen atoms in total. The summed E-state index contributed by atoms with van der Waals surface area (Å²) in [4.78, 5) is 61.7. The van der Waals surface area contributed by atoms with Gasteiger partial charge in [0.25, 0.3) is 21.2 Å². The van der Waals surface area contributed by atoms with Crippen molar-refractivity contribution >= 4 is 21.4 Å².